The molecule has 2 fully saturated rings. The predicted molar refractivity (Wildman–Crippen MR) is 79.1 cm³/mol. The van der Waals surface area contributed by atoms with Gasteiger partial charge in [0, 0.05) is 12.2 Å². The highest BCUT2D eigenvalue weighted by atomic mass is 16.2. The maximum Gasteiger partial charge on any atom is 0.241 e. The number of fused-ring (bicyclic) bond motifs is 1. The summed E-state index contributed by atoms with van der Waals surface area (Å²) in [5.41, 5.74) is 0.670. The molecule has 1 N–H and O–H groups in total. The van der Waals surface area contributed by atoms with Gasteiger partial charge in [-0.3, -0.25) is 14.5 Å². The maximum atomic E-state index is 12.4. The minimum Gasteiger partial charge on any atom is -0.329 e. The van der Waals surface area contributed by atoms with Gasteiger partial charge in [-0.1, -0.05) is 25.8 Å². The molecule has 20 heavy (non-hydrogen) atoms. The van der Waals surface area contributed by atoms with Crippen LogP contribution in [0.3, 0.4) is 0 Å². The highest BCUT2D eigenvalue weighted by Gasteiger charge is 2.39. The maximum absolute atomic E-state index is 12.4. The van der Waals surface area contributed by atoms with E-state index in [-0.39, 0.29) is 17.7 Å². The Morgan fingerprint density at radius 3 is 2.45 bits per heavy atom. The number of carbonyl (C=O) groups is 2. The molecule has 0 bridgehead atoms. The molecule has 4 nitrogen and oxygen atoms in total. The van der Waals surface area contributed by atoms with E-state index < -0.39 is 0 Å². The lowest BCUT2D eigenvalue weighted by Gasteiger charge is -2.45. The van der Waals surface area contributed by atoms with Crippen molar-refractivity contribution in [2.24, 2.45) is 11.8 Å². The monoisotopic (exact) mass is 278 g/mol. The molecule has 1 aliphatic heterocycles. The Morgan fingerprint density at radius 2 is 1.85 bits per heavy atom. The van der Waals surface area contributed by atoms with Crippen LogP contribution in [0.1, 0.15) is 46.0 Å². The van der Waals surface area contributed by atoms with Crippen molar-refractivity contribution < 1.29 is 9.59 Å². The zero-order chi connectivity index (χ0) is 14.7. The number of nitrogens with one attached hydrogen (secondary N) is 1. The normalized spacial score (nSPS) is 30.4. The molecule has 1 heterocycles. The first-order valence-corrected chi connectivity index (χ1v) is 7.67. The largest absolute Gasteiger partial charge is 0.329 e. The van der Waals surface area contributed by atoms with Gasteiger partial charge in [0.15, 0.2) is 0 Å². The SMILES string of the molecule is C=C(C)NC(=O)[C@@H]1C[C@@H]2CCCC[C@@H]2CN1CC(C)=O. The van der Waals surface area contributed by atoms with E-state index in [1.54, 1.807) is 13.8 Å². The average Bonchev–Trinajstić information content (AvgIpc) is 2.36. The van der Waals surface area contributed by atoms with Gasteiger partial charge in [0.25, 0.3) is 0 Å². The number of rotatable bonds is 4. The van der Waals surface area contributed by atoms with Gasteiger partial charge in [0.2, 0.25) is 5.91 Å². The minimum absolute atomic E-state index is 0.00257. The van der Waals surface area contributed by atoms with E-state index in [9.17, 15) is 9.59 Å². The molecule has 0 aromatic carbocycles. The Hall–Kier alpha value is -1.16. The summed E-state index contributed by atoms with van der Waals surface area (Å²) in [6.45, 7) is 8.40. The molecule has 2 aliphatic rings. The fraction of sp³-hybridized carbons (Fsp3) is 0.750. The second kappa shape index (κ2) is 6.53. The molecule has 0 unspecified atom stereocenters. The highest BCUT2D eigenvalue weighted by Crippen LogP contribution is 2.38. The summed E-state index contributed by atoms with van der Waals surface area (Å²) in [6.07, 6.45) is 5.93. The van der Waals surface area contributed by atoms with Crippen LogP contribution in [0.15, 0.2) is 12.3 Å². The minimum atomic E-state index is -0.171. The number of carbonyl (C=O) groups excluding carboxylic acids is 2. The van der Waals surface area contributed by atoms with E-state index in [2.05, 4.69) is 16.8 Å². The fourth-order valence-corrected chi connectivity index (χ4v) is 3.73. The third-order valence-corrected chi connectivity index (χ3v) is 4.57. The van der Waals surface area contributed by atoms with Gasteiger partial charge >= 0.3 is 0 Å². The van der Waals surface area contributed by atoms with E-state index >= 15 is 0 Å². The van der Waals surface area contributed by atoms with Crippen molar-refractivity contribution in [2.75, 3.05) is 13.1 Å². The second-order valence-electron chi connectivity index (χ2n) is 6.46. The van der Waals surface area contributed by atoms with E-state index in [0.29, 0.717) is 24.1 Å². The van der Waals surface area contributed by atoms with Crippen LogP contribution in [0.4, 0.5) is 0 Å². The zero-order valence-electron chi connectivity index (χ0n) is 12.7. The third-order valence-electron chi connectivity index (χ3n) is 4.57. The molecular formula is C16H26N2O2. The van der Waals surface area contributed by atoms with Crippen LogP contribution >= 0.6 is 0 Å². The van der Waals surface area contributed by atoms with Crippen molar-refractivity contribution in [3.8, 4) is 0 Å². The Balaban J connectivity index is 2.09. The number of hydrogen-bond acceptors (Lipinski definition) is 3. The number of ketones is 1. The van der Waals surface area contributed by atoms with Gasteiger partial charge < -0.3 is 5.32 Å². The summed E-state index contributed by atoms with van der Waals surface area (Å²) < 4.78 is 0. The Morgan fingerprint density at radius 1 is 1.20 bits per heavy atom. The van der Waals surface area contributed by atoms with E-state index in [0.717, 1.165) is 13.0 Å². The standard InChI is InChI=1S/C16H26N2O2/c1-11(2)17-16(20)15-8-13-6-4-5-7-14(13)10-18(15)9-12(3)19/h13-15H,1,4-10H2,2-3H3,(H,17,20)/t13-,14+,15-/m0/s1. The van der Waals surface area contributed by atoms with Crippen LogP contribution in [0.5, 0.6) is 0 Å². The molecule has 1 aliphatic carbocycles. The molecule has 1 saturated carbocycles. The van der Waals surface area contributed by atoms with E-state index in [4.69, 9.17) is 0 Å². The van der Waals surface area contributed by atoms with Crippen LogP contribution in [-0.4, -0.2) is 35.7 Å². The summed E-state index contributed by atoms with van der Waals surface area (Å²) in [7, 11) is 0. The molecule has 2 rings (SSSR count). The molecule has 112 valence electrons. The lowest BCUT2D eigenvalue weighted by Crippen LogP contribution is -2.55. The average molecular weight is 278 g/mol. The molecular weight excluding hydrogens is 252 g/mol. The number of Topliss-reactive ketones (excluding diaryl/α,β-unsaturated/α-hetero) is 1. The van der Waals surface area contributed by atoms with Gasteiger partial charge in [-0.25, -0.2) is 0 Å². The summed E-state index contributed by atoms with van der Waals surface area (Å²) in [6, 6.07) is -0.171. The first kappa shape index (κ1) is 15.2. The number of piperidine rings is 1. The second-order valence-corrected chi connectivity index (χ2v) is 6.46. The summed E-state index contributed by atoms with van der Waals surface area (Å²) in [5.74, 6) is 1.44. The molecule has 3 atom stereocenters. The van der Waals surface area contributed by atoms with Crippen molar-refractivity contribution >= 4 is 11.7 Å². The predicted octanol–water partition coefficient (Wildman–Crippen LogP) is 2.11. The third kappa shape index (κ3) is 3.69. The summed E-state index contributed by atoms with van der Waals surface area (Å²) in [4.78, 5) is 25.9. The fourth-order valence-electron chi connectivity index (χ4n) is 3.73. The molecule has 0 spiro atoms. The number of allylic oxidation sites excluding steroid dienone is 1. The van der Waals surface area contributed by atoms with E-state index in [1.807, 2.05) is 0 Å². The lowest BCUT2D eigenvalue weighted by molar-refractivity contribution is -0.131. The molecule has 1 saturated heterocycles. The quantitative estimate of drug-likeness (QED) is 0.857. The van der Waals surface area contributed by atoms with Gasteiger partial charge in [-0.05, 0) is 38.5 Å². The van der Waals surface area contributed by atoms with Crippen LogP contribution in [0, 0.1) is 11.8 Å². The van der Waals surface area contributed by atoms with Crippen LogP contribution in [0.2, 0.25) is 0 Å². The summed E-state index contributed by atoms with van der Waals surface area (Å²) >= 11 is 0. The molecule has 4 heteroatoms. The Kier molecular flexibility index (Phi) is 4.97. The van der Waals surface area contributed by atoms with Gasteiger partial charge in [0.1, 0.15) is 5.78 Å². The van der Waals surface area contributed by atoms with Crippen molar-refractivity contribution in [1.29, 1.82) is 0 Å². The Bertz CT molecular complexity index is 405. The summed E-state index contributed by atoms with van der Waals surface area (Å²) in [5, 5.41) is 2.82. The first-order chi connectivity index (χ1) is 9.47. The van der Waals surface area contributed by atoms with E-state index in [1.165, 1.54) is 25.7 Å². The van der Waals surface area contributed by atoms with Gasteiger partial charge in [-0.2, -0.15) is 0 Å². The molecule has 1 amide bonds. The topological polar surface area (TPSA) is 49.4 Å². The first-order valence-electron chi connectivity index (χ1n) is 7.67. The van der Waals surface area contributed by atoms with Crippen molar-refractivity contribution in [1.82, 2.24) is 10.2 Å². The van der Waals surface area contributed by atoms with Crippen LogP contribution < -0.4 is 5.32 Å². The number of nitrogens with zero attached hydrogens (tertiary/aromatic N) is 1. The molecule has 0 aromatic heterocycles. The molecule has 0 aromatic rings. The molecule has 0 radical (unpaired) electrons. The number of amides is 1. The smallest absolute Gasteiger partial charge is 0.241 e. The van der Waals surface area contributed by atoms with Gasteiger partial charge in [-0.15, -0.1) is 0 Å². The highest BCUT2D eigenvalue weighted by molar-refractivity contribution is 5.84. The van der Waals surface area contributed by atoms with Crippen molar-refractivity contribution in [3.05, 3.63) is 12.3 Å². The number of hydrogen-bond donors (Lipinski definition) is 1. The lowest BCUT2D eigenvalue weighted by atomic mass is 9.72. The Labute approximate surface area is 121 Å². The van der Waals surface area contributed by atoms with Crippen LogP contribution in [-0.2, 0) is 9.59 Å². The van der Waals surface area contributed by atoms with Gasteiger partial charge in [0.05, 0.1) is 12.6 Å². The van der Waals surface area contributed by atoms with Crippen molar-refractivity contribution in [2.45, 2.75) is 52.0 Å². The van der Waals surface area contributed by atoms with Crippen molar-refractivity contribution in [3.63, 3.8) is 0 Å². The van der Waals surface area contributed by atoms with Crippen LogP contribution in [0.25, 0.3) is 0 Å². The zero-order valence-corrected chi connectivity index (χ0v) is 12.7. The number of likely N-dealkylation sites (tertiary alicyclic amines) is 1.